The van der Waals surface area contributed by atoms with Crippen LogP contribution in [0.3, 0.4) is 0 Å². The van der Waals surface area contributed by atoms with Crippen LogP contribution < -0.4 is 0 Å². The monoisotopic (exact) mass is 512 g/mol. The van der Waals surface area contributed by atoms with Crippen molar-refractivity contribution in [1.82, 2.24) is 0 Å². The average molecular weight is 516 g/mol. The van der Waals surface area contributed by atoms with Crippen LogP contribution >= 0.6 is 63.7 Å². The van der Waals surface area contributed by atoms with E-state index in [1.54, 1.807) is 24.3 Å². The Balaban J connectivity index is 2.43. The van der Waals surface area contributed by atoms with Crippen molar-refractivity contribution in [2.45, 2.75) is 9.79 Å². The Morgan fingerprint density at radius 1 is 0.722 bits per heavy atom. The summed E-state index contributed by atoms with van der Waals surface area (Å²) in [6, 6.07) is 13.2. The third-order valence-corrected chi connectivity index (χ3v) is 5.02. The normalized spacial score (nSPS) is 11.0. The smallest absolute Gasteiger partial charge is 0.160 e. The highest BCUT2D eigenvalue weighted by Gasteiger charge is 2.17. The van der Waals surface area contributed by atoms with Crippen molar-refractivity contribution in [3.05, 3.63) is 54.3 Å². The molecule has 92 valence electrons. The highest BCUT2D eigenvalue weighted by molar-refractivity contribution is 9.11. The van der Waals surface area contributed by atoms with Gasteiger partial charge in [0.1, 0.15) is 0 Å². The zero-order valence-electron chi connectivity index (χ0n) is 8.64. The van der Waals surface area contributed by atoms with Crippen molar-refractivity contribution in [2.24, 2.45) is 0 Å². The van der Waals surface area contributed by atoms with Gasteiger partial charge in [-0.05, 0) is 63.7 Å². The first-order valence-corrected chi connectivity index (χ1v) is 8.96. The van der Waals surface area contributed by atoms with E-state index < -0.39 is 11.2 Å². The lowest BCUT2D eigenvalue weighted by Gasteiger charge is -2.11. The van der Waals surface area contributed by atoms with E-state index in [1.165, 1.54) is 0 Å². The van der Waals surface area contributed by atoms with Gasteiger partial charge in [-0.25, -0.2) is 0 Å². The van der Waals surface area contributed by atoms with Gasteiger partial charge in [-0.1, -0.05) is 0 Å². The quantitative estimate of drug-likeness (QED) is 0.484. The summed E-state index contributed by atoms with van der Waals surface area (Å²) < 4.78 is 15.5. The van der Waals surface area contributed by atoms with Gasteiger partial charge in [-0.15, -0.1) is 0 Å². The number of rotatable bonds is 2. The van der Waals surface area contributed by atoms with E-state index in [2.05, 4.69) is 75.9 Å². The van der Waals surface area contributed by atoms with Crippen molar-refractivity contribution in [3.63, 3.8) is 0 Å². The van der Waals surface area contributed by atoms with Crippen molar-refractivity contribution < 1.29 is 4.55 Å². The molecule has 0 aliphatic carbocycles. The fraction of sp³-hybridized carbons (Fsp3) is 0. The molecular formula is C12H4Br4OS. The standard InChI is InChI=1S/C12H4Br4OS/c13-7-1-8(14)4-11(3-7)18(17)12-5-9(15)2-10(16)6-12/h3-6H. The Labute approximate surface area is 142 Å². The number of hydrogen-bond acceptors (Lipinski definition) is 1. The maximum Gasteiger partial charge on any atom is 0.160 e. The van der Waals surface area contributed by atoms with Crippen LogP contribution in [0.15, 0.2) is 51.9 Å². The van der Waals surface area contributed by atoms with Crippen molar-refractivity contribution in [1.29, 1.82) is 0 Å². The molecule has 1 nitrogen and oxygen atoms in total. The molecule has 18 heavy (non-hydrogen) atoms. The molecule has 0 aromatic heterocycles. The van der Waals surface area contributed by atoms with E-state index in [4.69, 9.17) is 0 Å². The van der Waals surface area contributed by atoms with Crippen LogP contribution in [0.4, 0.5) is 0 Å². The summed E-state index contributed by atoms with van der Waals surface area (Å²) in [4.78, 5) is 1.41. The molecule has 0 saturated carbocycles. The Hall–Kier alpha value is 0.670. The average Bonchev–Trinajstić information content (AvgIpc) is 2.25. The van der Waals surface area contributed by atoms with Gasteiger partial charge in [0, 0.05) is 65.5 Å². The highest BCUT2D eigenvalue weighted by atomic mass is 79.9. The largest absolute Gasteiger partial charge is 0.606 e. The van der Waals surface area contributed by atoms with E-state index in [-0.39, 0.29) is 0 Å². The lowest BCUT2D eigenvalue weighted by molar-refractivity contribution is 0.595. The maximum atomic E-state index is 12.5. The van der Waals surface area contributed by atoms with Crippen LogP contribution in [0, 0.1) is 12.1 Å². The molecule has 0 bridgehead atoms. The molecule has 2 aromatic carbocycles. The molecule has 6 heteroatoms. The first-order valence-electron chi connectivity index (χ1n) is 4.64. The number of benzene rings is 2. The van der Waals surface area contributed by atoms with Crippen molar-refractivity contribution >= 4 is 74.9 Å². The zero-order valence-corrected chi connectivity index (χ0v) is 15.8. The predicted octanol–water partition coefficient (Wildman–Crippen LogP) is 5.50. The van der Waals surface area contributed by atoms with Gasteiger partial charge in [0.05, 0.1) is 0 Å². The second-order valence-corrected chi connectivity index (χ2v) is 8.19. The van der Waals surface area contributed by atoms with Gasteiger partial charge in [-0.2, -0.15) is 0 Å². The molecule has 2 aromatic rings. The summed E-state index contributed by atoms with van der Waals surface area (Å²) in [6.45, 7) is 0. The van der Waals surface area contributed by atoms with Crippen LogP contribution in [-0.4, -0.2) is 4.55 Å². The third kappa shape index (κ3) is 3.84. The zero-order chi connectivity index (χ0) is 13.3. The molecule has 0 saturated heterocycles. The van der Waals surface area contributed by atoms with E-state index >= 15 is 0 Å². The molecule has 0 unspecified atom stereocenters. The maximum absolute atomic E-state index is 12.5. The summed E-state index contributed by atoms with van der Waals surface area (Å²) >= 11 is 12.1. The van der Waals surface area contributed by atoms with Crippen LogP contribution in [0.2, 0.25) is 0 Å². The second-order valence-electron chi connectivity index (χ2n) is 3.29. The van der Waals surface area contributed by atoms with Crippen LogP contribution in [0.1, 0.15) is 0 Å². The highest BCUT2D eigenvalue weighted by Crippen LogP contribution is 2.30. The number of hydrogen-bond donors (Lipinski definition) is 0. The first-order chi connectivity index (χ1) is 8.45. The number of halogens is 4. The Bertz CT molecular complexity index is 496. The minimum Gasteiger partial charge on any atom is -0.606 e. The summed E-state index contributed by atoms with van der Waals surface area (Å²) in [6.07, 6.45) is 0. The fourth-order valence-electron chi connectivity index (χ4n) is 1.31. The molecule has 0 heterocycles. The van der Waals surface area contributed by atoms with Crippen LogP contribution in [-0.2, 0) is 11.2 Å². The van der Waals surface area contributed by atoms with Gasteiger partial charge >= 0.3 is 0 Å². The topological polar surface area (TPSA) is 23.1 Å². The summed E-state index contributed by atoms with van der Waals surface area (Å²) in [5, 5.41) is 0. The van der Waals surface area contributed by atoms with Gasteiger partial charge in [0.2, 0.25) is 0 Å². The summed E-state index contributed by atoms with van der Waals surface area (Å²) in [5.41, 5.74) is 0. The van der Waals surface area contributed by atoms with Crippen LogP contribution in [0.25, 0.3) is 0 Å². The van der Waals surface area contributed by atoms with Gasteiger partial charge in [-0.3, -0.25) is 0 Å². The Kier molecular flexibility index (Phi) is 5.37. The minimum absolute atomic E-state index is 0.706. The molecule has 0 aliphatic heterocycles. The summed E-state index contributed by atoms with van der Waals surface area (Å²) in [7, 11) is 0. The molecule has 0 aliphatic rings. The predicted molar refractivity (Wildman–Crippen MR) is 86.0 cm³/mol. The molecule has 0 fully saturated rings. The molecule has 0 amide bonds. The van der Waals surface area contributed by atoms with E-state index in [1.807, 2.05) is 0 Å². The fourth-order valence-corrected chi connectivity index (χ4v) is 5.46. The Morgan fingerprint density at radius 2 is 1.00 bits per heavy atom. The molecule has 2 radical (unpaired) electrons. The Morgan fingerprint density at radius 3 is 1.28 bits per heavy atom. The first kappa shape index (κ1) is 15.1. The van der Waals surface area contributed by atoms with E-state index in [9.17, 15) is 4.55 Å². The van der Waals surface area contributed by atoms with Crippen molar-refractivity contribution in [3.8, 4) is 0 Å². The molecule has 0 N–H and O–H groups in total. The molecule has 2 rings (SSSR count). The SMILES string of the molecule is [O-][S+](c1cc(Br)[c]c(Br)c1)c1cc(Br)[c]c(Br)c1. The molecule has 0 spiro atoms. The van der Waals surface area contributed by atoms with Gasteiger partial charge < -0.3 is 4.55 Å². The van der Waals surface area contributed by atoms with Gasteiger partial charge in [0.15, 0.2) is 9.79 Å². The van der Waals surface area contributed by atoms with E-state index in [0.29, 0.717) is 9.79 Å². The minimum atomic E-state index is -1.25. The molecule has 0 atom stereocenters. The van der Waals surface area contributed by atoms with E-state index in [0.717, 1.165) is 17.9 Å². The lowest BCUT2D eigenvalue weighted by Crippen LogP contribution is -2.02. The van der Waals surface area contributed by atoms with Gasteiger partial charge in [0.25, 0.3) is 0 Å². The summed E-state index contributed by atoms with van der Waals surface area (Å²) in [5.74, 6) is 0. The van der Waals surface area contributed by atoms with Crippen molar-refractivity contribution in [2.75, 3.05) is 0 Å². The second kappa shape index (κ2) is 6.41. The lowest BCUT2D eigenvalue weighted by atomic mass is 10.4. The third-order valence-electron chi connectivity index (χ3n) is 1.98. The molecular weight excluding hydrogens is 512 g/mol. The van der Waals surface area contributed by atoms with Crippen LogP contribution in [0.5, 0.6) is 0 Å².